The first-order chi connectivity index (χ1) is 14.3. The molecule has 0 spiro atoms. The summed E-state index contributed by atoms with van der Waals surface area (Å²) in [5.41, 5.74) is 0.274. The molecule has 0 aliphatic heterocycles. The third-order valence-electron chi connectivity index (χ3n) is 4.35. The van der Waals surface area contributed by atoms with Crippen LogP contribution in [0.2, 0.25) is 0 Å². The fraction of sp³-hybridized carbons (Fsp3) is 0.100. The van der Waals surface area contributed by atoms with Gasteiger partial charge in [-0.3, -0.25) is 19.5 Å². The van der Waals surface area contributed by atoms with E-state index in [2.05, 4.69) is 26.2 Å². The van der Waals surface area contributed by atoms with Gasteiger partial charge in [0.05, 0.1) is 15.9 Å². The number of non-ortho nitro benzene ring substituents is 1. The van der Waals surface area contributed by atoms with E-state index in [4.69, 9.17) is 0 Å². The molecule has 3 rings (SSSR count). The van der Waals surface area contributed by atoms with E-state index >= 15 is 0 Å². The van der Waals surface area contributed by atoms with Crippen LogP contribution in [0.25, 0.3) is 0 Å². The summed E-state index contributed by atoms with van der Waals surface area (Å²) in [4.78, 5) is 23.3. The standard InChI is InChI=1S/C20H14BrN5O4/c1-12-15(10-22)19(27)25(11-13-5-3-2-4-6-13)20(28)18(12)24-23-17-8-7-14(26(29)30)9-16(17)21/h2-9,27H,11H2,1H3. The normalized spacial score (nSPS) is 10.8. The SMILES string of the molecule is Cc1c(C#N)c(O)n(Cc2ccccc2)c(=O)c1N=Nc1ccc([N+](=O)[O-])cc1Br. The van der Waals surface area contributed by atoms with Crippen LogP contribution < -0.4 is 5.56 Å². The lowest BCUT2D eigenvalue weighted by molar-refractivity contribution is -0.384. The molecule has 0 unspecified atom stereocenters. The number of benzene rings is 2. The van der Waals surface area contributed by atoms with Crippen LogP contribution in [-0.4, -0.2) is 14.6 Å². The second-order valence-electron chi connectivity index (χ2n) is 6.25. The zero-order chi connectivity index (χ0) is 21.8. The Morgan fingerprint density at radius 1 is 1.23 bits per heavy atom. The number of pyridine rings is 1. The van der Waals surface area contributed by atoms with Gasteiger partial charge >= 0.3 is 0 Å². The van der Waals surface area contributed by atoms with Crippen molar-refractivity contribution in [1.82, 2.24) is 4.57 Å². The number of rotatable bonds is 5. The Morgan fingerprint density at radius 2 is 1.93 bits per heavy atom. The highest BCUT2D eigenvalue weighted by Crippen LogP contribution is 2.32. The zero-order valence-electron chi connectivity index (χ0n) is 15.6. The summed E-state index contributed by atoms with van der Waals surface area (Å²) < 4.78 is 1.38. The molecule has 1 heterocycles. The van der Waals surface area contributed by atoms with Gasteiger partial charge in [-0.25, -0.2) is 0 Å². The minimum Gasteiger partial charge on any atom is -0.493 e. The Labute approximate surface area is 178 Å². The molecule has 3 aromatic rings. The second kappa shape index (κ2) is 8.67. The van der Waals surface area contributed by atoms with E-state index in [9.17, 15) is 25.3 Å². The monoisotopic (exact) mass is 467 g/mol. The molecule has 0 saturated carbocycles. The van der Waals surface area contributed by atoms with E-state index in [0.717, 1.165) is 10.1 Å². The average molecular weight is 468 g/mol. The average Bonchev–Trinajstić information content (AvgIpc) is 2.73. The van der Waals surface area contributed by atoms with Gasteiger partial charge in [0.1, 0.15) is 17.3 Å². The van der Waals surface area contributed by atoms with Crippen molar-refractivity contribution in [3.05, 3.63) is 90.2 Å². The maximum Gasteiger partial charge on any atom is 0.281 e. The Kier molecular flexibility index (Phi) is 6.03. The van der Waals surface area contributed by atoms with Crippen molar-refractivity contribution in [3.63, 3.8) is 0 Å². The lowest BCUT2D eigenvalue weighted by atomic mass is 10.1. The molecular weight excluding hydrogens is 454 g/mol. The first kappa shape index (κ1) is 20.9. The molecule has 0 fully saturated rings. The molecule has 1 aromatic heterocycles. The molecule has 0 aliphatic rings. The number of nitriles is 1. The number of nitro groups is 1. The van der Waals surface area contributed by atoms with Crippen LogP contribution in [0.1, 0.15) is 16.7 Å². The number of nitro benzene ring substituents is 1. The van der Waals surface area contributed by atoms with Gasteiger partial charge in [0.2, 0.25) is 5.88 Å². The van der Waals surface area contributed by atoms with Gasteiger partial charge in [-0.1, -0.05) is 30.3 Å². The molecule has 1 N–H and O–H groups in total. The molecule has 10 heteroatoms. The van der Waals surface area contributed by atoms with Gasteiger partial charge in [0.15, 0.2) is 5.69 Å². The molecule has 150 valence electrons. The van der Waals surface area contributed by atoms with Crippen LogP contribution in [0.4, 0.5) is 17.1 Å². The third-order valence-corrected chi connectivity index (χ3v) is 4.99. The van der Waals surface area contributed by atoms with Crippen LogP contribution in [0.3, 0.4) is 0 Å². The summed E-state index contributed by atoms with van der Waals surface area (Å²) in [6, 6.07) is 14.8. The number of hydrogen-bond acceptors (Lipinski definition) is 7. The molecule has 0 amide bonds. The number of nitrogens with zero attached hydrogens (tertiary/aromatic N) is 5. The number of halogens is 1. The number of aromatic nitrogens is 1. The molecule has 2 aromatic carbocycles. The summed E-state index contributed by atoms with van der Waals surface area (Å²) in [5.74, 6) is -0.445. The van der Waals surface area contributed by atoms with Crippen LogP contribution in [0.15, 0.2) is 68.0 Å². The van der Waals surface area contributed by atoms with Gasteiger partial charge in [-0.2, -0.15) is 5.26 Å². The maximum absolute atomic E-state index is 13.0. The largest absolute Gasteiger partial charge is 0.493 e. The van der Waals surface area contributed by atoms with Gasteiger partial charge < -0.3 is 5.11 Å². The molecule has 0 radical (unpaired) electrons. The van der Waals surface area contributed by atoms with E-state index < -0.39 is 16.4 Å². The second-order valence-corrected chi connectivity index (χ2v) is 7.11. The summed E-state index contributed by atoms with van der Waals surface area (Å²) >= 11 is 3.19. The molecule has 30 heavy (non-hydrogen) atoms. The lowest BCUT2D eigenvalue weighted by Crippen LogP contribution is -2.22. The fourth-order valence-electron chi connectivity index (χ4n) is 2.76. The zero-order valence-corrected chi connectivity index (χ0v) is 17.2. The number of aromatic hydroxyl groups is 1. The minimum absolute atomic E-state index is 0.0458. The Morgan fingerprint density at radius 3 is 2.53 bits per heavy atom. The molecule has 0 aliphatic carbocycles. The van der Waals surface area contributed by atoms with Gasteiger partial charge in [0, 0.05) is 17.7 Å². The number of azo groups is 1. The highest BCUT2D eigenvalue weighted by Gasteiger charge is 2.19. The smallest absolute Gasteiger partial charge is 0.281 e. The lowest BCUT2D eigenvalue weighted by Gasteiger charge is -2.13. The Hall–Kier alpha value is -3.84. The van der Waals surface area contributed by atoms with E-state index in [-0.39, 0.29) is 34.7 Å². The summed E-state index contributed by atoms with van der Waals surface area (Å²) in [6.07, 6.45) is 0. The summed E-state index contributed by atoms with van der Waals surface area (Å²) in [6.45, 7) is 1.54. The number of hydrogen-bond donors (Lipinski definition) is 1. The molecule has 0 saturated heterocycles. The van der Waals surface area contributed by atoms with Crippen molar-refractivity contribution in [2.45, 2.75) is 13.5 Å². The molecule has 9 nitrogen and oxygen atoms in total. The van der Waals surface area contributed by atoms with Crippen molar-refractivity contribution >= 4 is 33.0 Å². The van der Waals surface area contributed by atoms with E-state index in [1.54, 1.807) is 24.3 Å². The summed E-state index contributed by atoms with van der Waals surface area (Å²) in [7, 11) is 0. The Balaban J connectivity index is 2.10. The highest BCUT2D eigenvalue weighted by atomic mass is 79.9. The predicted molar refractivity (Wildman–Crippen MR) is 112 cm³/mol. The van der Waals surface area contributed by atoms with Crippen molar-refractivity contribution in [2.24, 2.45) is 10.2 Å². The highest BCUT2D eigenvalue weighted by molar-refractivity contribution is 9.10. The predicted octanol–water partition coefficient (Wildman–Crippen LogP) is 4.87. The van der Waals surface area contributed by atoms with Crippen molar-refractivity contribution < 1.29 is 10.0 Å². The summed E-state index contributed by atoms with van der Waals surface area (Å²) in [5, 5.41) is 38.7. The first-order valence-corrected chi connectivity index (χ1v) is 9.38. The van der Waals surface area contributed by atoms with Crippen molar-refractivity contribution in [2.75, 3.05) is 0 Å². The molecule has 0 bridgehead atoms. The quantitative estimate of drug-likeness (QED) is 0.324. The third kappa shape index (κ3) is 4.11. The van der Waals surface area contributed by atoms with Gasteiger partial charge in [-0.15, -0.1) is 10.2 Å². The van der Waals surface area contributed by atoms with Gasteiger partial charge in [0.25, 0.3) is 11.2 Å². The van der Waals surface area contributed by atoms with E-state index in [1.165, 1.54) is 25.1 Å². The Bertz CT molecular complexity index is 1260. The fourth-order valence-corrected chi connectivity index (χ4v) is 3.21. The minimum atomic E-state index is -0.616. The first-order valence-electron chi connectivity index (χ1n) is 8.59. The van der Waals surface area contributed by atoms with Crippen molar-refractivity contribution in [3.8, 4) is 11.9 Å². The molecular formula is C20H14BrN5O4. The maximum atomic E-state index is 13.0. The molecule has 0 atom stereocenters. The van der Waals surface area contributed by atoms with E-state index in [0.29, 0.717) is 4.47 Å². The van der Waals surface area contributed by atoms with Crippen LogP contribution >= 0.6 is 15.9 Å². The van der Waals surface area contributed by atoms with Crippen molar-refractivity contribution in [1.29, 1.82) is 5.26 Å². The van der Waals surface area contributed by atoms with E-state index in [1.807, 2.05) is 12.1 Å². The van der Waals surface area contributed by atoms with Crippen LogP contribution in [-0.2, 0) is 6.54 Å². The van der Waals surface area contributed by atoms with Crippen LogP contribution in [0.5, 0.6) is 5.88 Å². The van der Waals surface area contributed by atoms with Gasteiger partial charge in [-0.05, 0) is 34.5 Å². The van der Waals surface area contributed by atoms with Crippen LogP contribution in [0, 0.1) is 28.4 Å². The topological polar surface area (TPSA) is 134 Å².